The molecule has 2 atom stereocenters. The monoisotopic (exact) mass is 250 g/mol. The Morgan fingerprint density at radius 1 is 1.44 bits per heavy atom. The van der Waals surface area contributed by atoms with Crippen LogP contribution < -0.4 is 5.32 Å². The van der Waals surface area contributed by atoms with Crippen molar-refractivity contribution in [2.75, 3.05) is 19.6 Å². The quantitative estimate of drug-likeness (QED) is 0.870. The standard InChI is InChI=1S/C13H22N4O/c1-2-3-12-15-13(18-16-12)9-17-7-5-11-10(8-17)4-6-14-11/h10-11,14H,2-9H2,1H3. The molecule has 1 aromatic heterocycles. The third kappa shape index (κ3) is 2.57. The SMILES string of the molecule is CCCc1noc(CN2CCC3NCCC3C2)n1. The van der Waals surface area contributed by atoms with Crippen molar-refractivity contribution in [3.8, 4) is 0 Å². The molecule has 0 bridgehead atoms. The Kier molecular flexibility index (Phi) is 3.61. The summed E-state index contributed by atoms with van der Waals surface area (Å²) in [5.41, 5.74) is 0. The smallest absolute Gasteiger partial charge is 0.240 e. The fraction of sp³-hybridized carbons (Fsp3) is 0.846. The maximum absolute atomic E-state index is 5.31. The van der Waals surface area contributed by atoms with E-state index in [9.17, 15) is 0 Å². The molecule has 0 aliphatic carbocycles. The van der Waals surface area contributed by atoms with Crippen molar-refractivity contribution < 1.29 is 4.52 Å². The van der Waals surface area contributed by atoms with Gasteiger partial charge in [0.1, 0.15) is 0 Å². The zero-order valence-electron chi connectivity index (χ0n) is 11.1. The van der Waals surface area contributed by atoms with Crippen LogP contribution in [0.2, 0.25) is 0 Å². The number of aromatic nitrogens is 2. The highest BCUT2D eigenvalue weighted by Crippen LogP contribution is 2.25. The molecule has 5 nitrogen and oxygen atoms in total. The molecule has 0 spiro atoms. The van der Waals surface area contributed by atoms with E-state index in [4.69, 9.17) is 4.52 Å². The molecule has 0 amide bonds. The van der Waals surface area contributed by atoms with Crippen LogP contribution in [0.25, 0.3) is 0 Å². The van der Waals surface area contributed by atoms with Crippen LogP contribution in [0.5, 0.6) is 0 Å². The van der Waals surface area contributed by atoms with E-state index >= 15 is 0 Å². The summed E-state index contributed by atoms with van der Waals surface area (Å²) >= 11 is 0. The number of rotatable bonds is 4. The summed E-state index contributed by atoms with van der Waals surface area (Å²) in [6, 6.07) is 0.750. The number of nitrogens with one attached hydrogen (secondary N) is 1. The fourth-order valence-corrected chi connectivity index (χ4v) is 3.14. The van der Waals surface area contributed by atoms with E-state index in [1.165, 1.54) is 25.9 Å². The molecule has 18 heavy (non-hydrogen) atoms. The second kappa shape index (κ2) is 5.36. The van der Waals surface area contributed by atoms with Crippen LogP contribution in [0.3, 0.4) is 0 Å². The first-order valence-corrected chi connectivity index (χ1v) is 7.12. The highest BCUT2D eigenvalue weighted by molar-refractivity contribution is 4.92. The predicted octanol–water partition coefficient (Wildman–Crippen LogP) is 1.21. The van der Waals surface area contributed by atoms with Gasteiger partial charge in [-0.2, -0.15) is 4.98 Å². The van der Waals surface area contributed by atoms with Gasteiger partial charge in [-0.05, 0) is 31.7 Å². The Morgan fingerprint density at radius 2 is 2.39 bits per heavy atom. The highest BCUT2D eigenvalue weighted by Gasteiger charge is 2.32. The van der Waals surface area contributed by atoms with Crippen LogP contribution in [0.15, 0.2) is 4.52 Å². The number of hydrogen-bond acceptors (Lipinski definition) is 5. The van der Waals surface area contributed by atoms with Gasteiger partial charge in [-0.25, -0.2) is 0 Å². The number of piperidine rings is 1. The van der Waals surface area contributed by atoms with Crippen molar-refractivity contribution in [1.82, 2.24) is 20.4 Å². The number of likely N-dealkylation sites (tertiary alicyclic amines) is 1. The second-order valence-electron chi connectivity index (χ2n) is 5.49. The van der Waals surface area contributed by atoms with Crippen molar-refractivity contribution in [2.45, 2.75) is 45.2 Å². The summed E-state index contributed by atoms with van der Waals surface area (Å²) in [7, 11) is 0. The zero-order chi connectivity index (χ0) is 12.4. The Balaban J connectivity index is 1.55. The maximum atomic E-state index is 5.31. The van der Waals surface area contributed by atoms with E-state index in [0.29, 0.717) is 0 Å². The van der Waals surface area contributed by atoms with Crippen LogP contribution in [0, 0.1) is 5.92 Å². The summed E-state index contributed by atoms with van der Waals surface area (Å²) in [5.74, 6) is 2.45. The van der Waals surface area contributed by atoms with Gasteiger partial charge in [0.05, 0.1) is 6.54 Å². The summed E-state index contributed by atoms with van der Waals surface area (Å²) in [6.45, 7) is 6.45. The Morgan fingerprint density at radius 3 is 3.28 bits per heavy atom. The van der Waals surface area contributed by atoms with Gasteiger partial charge in [-0.15, -0.1) is 0 Å². The molecule has 2 unspecified atom stereocenters. The van der Waals surface area contributed by atoms with Gasteiger partial charge >= 0.3 is 0 Å². The minimum absolute atomic E-state index is 0.750. The molecule has 100 valence electrons. The Labute approximate surface area is 108 Å². The molecule has 1 N–H and O–H groups in total. The largest absolute Gasteiger partial charge is 0.338 e. The van der Waals surface area contributed by atoms with Crippen molar-refractivity contribution in [3.63, 3.8) is 0 Å². The molecular formula is C13H22N4O. The van der Waals surface area contributed by atoms with Gasteiger partial charge in [0.15, 0.2) is 5.82 Å². The third-order valence-electron chi connectivity index (χ3n) is 4.08. The van der Waals surface area contributed by atoms with Crippen LogP contribution in [-0.4, -0.2) is 40.7 Å². The molecule has 5 heteroatoms. The van der Waals surface area contributed by atoms with Crippen molar-refractivity contribution in [1.29, 1.82) is 0 Å². The lowest BCUT2D eigenvalue weighted by molar-refractivity contribution is 0.140. The van der Waals surface area contributed by atoms with Gasteiger partial charge in [0, 0.05) is 25.6 Å². The van der Waals surface area contributed by atoms with Gasteiger partial charge < -0.3 is 9.84 Å². The number of nitrogens with zero attached hydrogens (tertiary/aromatic N) is 3. The average molecular weight is 250 g/mol. The minimum Gasteiger partial charge on any atom is -0.338 e. The van der Waals surface area contributed by atoms with E-state index in [1.54, 1.807) is 0 Å². The van der Waals surface area contributed by atoms with E-state index in [-0.39, 0.29) is 0 Å². The molecule has 0 aromatic carbocycles. The first kappa shape index (κ1) is 12.1. The molecule has 0 saturated carbocycles. The molecule has 2 aliphatic rings. The lowest BCUT2D eigenvalue weighted by Gasteiger charge is -2.33. The van der Waals surface area contributed by atoms with Crippen LogP contribution in [0.1, 0.15) is 37.9 Å². The number of aryl methyl sites for hydroxylation is 1. The predicted molar refractivity (Wildman–Crippen MR) is 68.1 cm³/mol. The van der Waals surface area contributed by atoms with Crippen molar-refractivity contribution >= 4 is 0 Å². The molecule has 3 heterocycles. The number of fused-ring (bicyclic) bond motifs is 1. The fourth-order valence-electron chi connectivity index (χ4n) is 3.14. The van der Waals surface area contributed by atoms with Crippen molar-refractivity contribution in [3.05, 3.63) is 11.7 Å². The first-order chi connectivity index (χ1) is 8.85. The van der Waals surface area contributed by atoms with Crippen LogP contribution >= 0.6 is 0 Å². The van der Waals surface area contributed by atoms with Crippen LogP contribution in [-0.2, 0) is 13.0 Å². The Hall–Kier alpha value is -0.940. The lowest BCUT2D eigenvalue weighted by atomic mass is 9.93. The maximum Gasteiger partial charge on any atom is 0.240 e. The topological polar surface area (TPSA) is 54.2 Å². The summed E-state index contributed by atoms with van der Waals surface area (Å²) < 4.78 is 5.31. The van der Waals surface area contributed by atoms with E-state index < -0.39 is 0 Å². The first-order valence-electron chi connectivity index (χ1n) is 7.12. The van der Waals surface area contributed by atoms with Gasteiger partial charge in [0.2, 0.25) is 5.89 Å². The second-order valence-corrected chi connectivity index (χ2v) is 5.49. The Bertz CT molecular complexity index is 392. The third-order valence-corrected chi connectivity index (χ3v) is 4.08. The van der Waals surface area contributed by atoms with E-state index in [0.717, 1.165) is 49.6 Å². The minimum atomic E-state index is 0.750. The molecule has 2 aliphatic heterocycles. The van der Waals surface area contributed by atoms with Crippen molar-refractivity contribution in [2.24, 2.45) is 5.92 Å². The molecule has 2 fully saturated rings. The average Bonchev–Trinajstić information content (AvgIpc) is 2.98. The molecular weight excluding hydrogens is 228 g/mol. The van der Waals surface area contributed by atoms with E-state index in [2.05, 4.69) is 27.3 Å². The molecule has 3 rings (SSSR count). The van der Waals surface area contributed by atoms with E-state index in [1.807, 2.05) is 0 Å². The molecule has 2 saturated heterocycles. The summed E-state index contributed by atoms with van der Waals surface area (Å²) in [4.78, 5) is 6.90. The van der Waals surface area contributed by atoms with Gasteiger partial charge in [-0.1, -0.05) is 12.1 Å². The summed E-state index contributed by atoms with van der Waals surface area (Å²) in [5, 5.41) is 7.60. The zero-order valence-corrected chi connectivity index (χ0v) is 11.1. The molecule has 1 aromatic rings. The highest BCUT2D eigenvalue weighted by atomic mass is 16.5. The van der Waals surface area contributed by atoms with Gasteiger partial charge in [0.25, 0.3) is 0 Å². The number of hydrogen-bond donors (Lipinski definition) is 1. The lowest BCUT2D eigenvalue weighted by Crippen LogP contribution is -2.43. The van der Waals surface area contributed by atoms with Crippen LogP contribution in [0.4, 0.5) is 0 Å². The summed E-state index contributed by atoms with van der Waals surface area (Å²) in [6.07, 6.45) is 4.54. The normalized spacial score (nSPS) is 28.5. The van der Waals surface area contributed by atoms with Gasteiger partial charge in [-0.3, -0.25) is 4.90 Å². The molecule has 0 radical (unpaired) electrons.